The van der Waals surface area contributed by atoms with Crippen LogP contribution in [0.2, 0.25) is 0 Å². The Morgan fingerprint density at radius 3 is 2.52 bits per heavy atom. The number of hydrogen-bond donors (Lipinski definition) is 1. The lowest BCUT2D eigenvalue weighted by atomic mass is 10.1. The van der Waals surface area contributed by atoms with Gasteiger partial charge in [-0.25, -0.2) is 8.42 Å². The Labute approximate surface area is 148 Å². The third-order valence-corrected chi connectivity index (χ3v) is 5.02. The molecule has 0 spiro atoms. The minimum atomic E-state index is -3.35. The van der Waals surface area contributed by atoms with E-state index in [1.54, 1.807) is 31.4 Å². The Morgan fingerprint density at radius 1 is 1.20 bits per heavy atom. The second kappa shape index (κ2) is 7.57. The predicted molar refractivity (Wildman–Crippen MR) is 99.8 cm³/mol. The fourth-order valence-corrected chi connectivity index (χ4v) is 2.91. The normalized spacial score (nSPS) is 11.0. The highest BCUT2D eigenvalue weighted by Crippen LogP contribution is 2.21. The van der Waals surface area contributed by atoms with Crippen molar-refractivity contribution in [3.05, 3.63) is 53.6 Å². The van der Waals surface area contributed by atoms with E-state index in [4.69, 9.17) is 4.74 Å². The number of hydrogen-bond acceptors (Lipinski definition) is 4. The van der Waals surface area contributed by atoms with Crippen LogP contribution in [-0.4, -0.2) is 34.7 Å². The summed E-state index contributed by atoms with van der Waals surface area (Å²) in [6, 6.07) is 12.3. The number of carbonyl (C=O) groups is 1. The average Bonchev–Trinajstić information content (AvgIpc) is 2.53. The molecule has 0 atom stereocenters. The van der Waals surface area contributed by atoms with Crippen molar-refractivity contribution in [1.82, 2.24) is 0 Å². The van der Waals surface area contributed by atoms with Gasteiger partial charge < -0.3 is 10.1 Å². The molecule has 1 N–H and O–H groups in total. The average molecular weight is 362 g/mol. The second-order valence-electron chi connectivity index (χ2n) is 5.81. The summed E-state index contributed by atoms with van der Waals surface area (Å²) in [4.78, 5) is 12.3. The molecule has 0 bridgehead atoms. The molecule has 1 amide bonds. The summed E-state index contributed by atoms with van der Waals surface area (Å²) < 4.78 is 29.6. The first-order chi connectivity index (χ1) is 11.7. The lowest BCUT2D eigenvalue weighted by Crippen LogP contribution is -2.25. The molecule has 2 rings (SSSR count). The number of rotatable bonds is 6. The van der Waals surface area contributed by atoms with Gasteiger partial charge in [-0.3, -0.25) is 9.10 Å². The maximum Gasteiger partial charge on any atom is 0.231 e. The first-order valence-corrected chi connectivity index (χ1v) is 9.53. The van der Waals surface area contributed by atoms with Gasteiger partial charge in [-0.05, 0) is 42.3 Å². The van der Waals surface area contributed by atoms with E-state index in [0.717, 1.165) is 27.4 Å². The second-order valence-corrected chi connectivity index (χ2v) is 7.82. The van der Waals surface area contributed by atoms with Gasteiger partial charge in [-0.1, -0.05) is 18.2 Å². The number of methoxy groups -OCH3 is 1. The topological polar surface area (TPSA) is 75.7 Å². The number of nitrogens with one attached hydrogen (secondary N) is 1. The molecule has 0 unspecified atom stereocenters. The SMILES string of the molecule is COc1ccc(CC(=O)Nc2cccc(N(C)S(C)(=O)=O)c2)cc1C. The van der Waals surface area contributed by atoms with Crippen molar-refractivity contribution in [2.75, 3.05) is 30.0 Å². The van der Waals surface area contributed by atoms with Gasteiger partial charge in [0.05, 0.1) is 25.5 Å². The van der Waals surface area contributed by atoms with Gasteiger partial charge in [-0.2, -0.15) is 0 Å². The molecule has 0 heterocycles. The fraction of sp³-hybridized carbons (Fsp3) is 0.278. The van der Waals surface area contributed by atoms with Crippen molar-refractivity contribution in [3.63, 3.8) is 0 Å². The summed E-state index contributed by atoms with van der Waals surface area (Å²) in [6.45, 7) is 1.92. The zero-order valence-corrected chi connectivity index (χ0v) is 15.6. The zero-order valence-electron chi connectivity index (χ0n) is 14.7. The van der Waals surface area contributed by atoms with Crippen molar-refractivity contribution in [1.29, 1.82) is 0 Å². The van der Waals surface area contributed by atoms with Gasteiger partial charge >= 0.3 is 0 Å². The molecular weight excluding hydrogens is 340 g/mol. The van der Waals surface area contributed by atoms with E-state index in [1.165, 1.54) is 7.05 Å². The zero-order chi connectivity index (χ0) is 18.6. The molecule has 0 fully saturated rings. The van der Waals surface area contributed by atoms with Crippen LogP contribution in [0.4, 0.5) is 11.4 Å². The third-order valence-electron chi connectivity index (χ3n) is 3.81. The van der Waals surface area contributed by atoms with E-state index in [9.17, 15) is 13.2 Å². The molecule has 2 aromatic rings. The highest BCUT2D eigenvalue weighted by Gasteiger charge is 2.13. The molecule has 0 aromatic heterocycles. The van der Waals surface area contributed by atoms with Gasteiger partial charge in [0.15, 0.2) is 0 Å². The van der Waals surface area contributed by atoms with E-state index in [1.807, 2.05) is 25.1 Å². The van der Waals surface area contributed by atoms with Gasteiger partial charge in [-0.15, -0.1) is 0 Å². The van der Waals surface area contributed by atoms with Crippen LogP contribution in [0.3, 0.4) is 0 Å². The summed E-state index contributed by atoms with van der Waals surface area (Å²) >= 11 is 0. The van der Waals surface area contributed by atoms with Gasteiger partial charge in [0.25, 0.3) is 0 Å². The highest BCUT2D eigenvalue weighted by atomic mass is 32.2. The van der Waals surface area contributed by atoms with E-state index >= 15 is 0 Å². The first kappa shape index (κ1) is 18.8. The first-order valence-electron chi connectivity index (χ1n) is 7.68. The molecule has 0 aliphatic heterocycles. The van der Waals surface area contributed by atoms with E-state index in [0.29, 0.717) is 11.4 Å². The van der Waals surface area contributed by atoms with Gasteiger partial charge in [0.1, 0.15) is 5.75 Å². The minimum Gasteiger partial charge on any atom is -0.496 e. The number of nitrogens with zero attached hydrogens (tertiary/aromatic N) is 1. The Hall–Kier alpha value is -2.54. The molecule has 134 valence electrons. The van der Waals surface area contributed by atoms with Crippen molar-refractivity contribution >= 4 is 27.3 Å². The summed E-state index contributed by atoms with van der Waals surface area (Å²) in [5.41, 5.74) is 2.87. The lowest BCUT2D eigenvalue weighted by molar-refractivity contribution is -0.115. The monoisotopic (exact) mass is 362 g/mol. The maximum absolute atomic E-state index is 12.3. The van der Waals surface area contributed by atoms with Crippen LogP contribution in [0.15, 0.2) is 42.5 Å². The predicted octanol–water partition coefficient (Wildman–Crippen LogP) is 2.58. The van der Waals surface area contributed by atoms with Crippen LogP contribution >= 0.6 is 0 Å². The molecule has 0 radical (unpaired) electrons. The molecule has 2 aromatic carbocycles. The fourth-order valence-electron chi connectivity index (χ4n) is 2.41. The van der Waals surface area contributed by atoms with E-state index in [-0.39, 0.29) is 12.3 Å². The number of ether oxygens (including phenoxy) is 1. The van der Waals surface area contributed by atoms with E-state index < -0.39 is 10.0 Å². The number of aryl methyl sites for hydroxylation is 1. The standard InChI is InChI=1S/C18H22N2O4S/c1-13-10-14(8-9-17(13)24-3)11-18(21)19-15-6-5-7-16(12-15)20(2)25(4,22)23/h5-10,12H,11H2,1-4H3,(H,19,21). The quantitative estimate of drug-likeness (QED) is 0.857. The Morgan fingerprint density at radius 2 is 1.92 bits per heavy atom. The van der Waals surface area contributed by atoms with Crippen molar-refractivity contribution in [2.24, 2.45) is 0 Å². The summed E-state index contributed by atoms with van der Waals surface area (Å²) in [7, 11) is -0.277. The number of carbonyl (C=O) groups excluding carboxylic acids is 1. The van der Waals surface area contributed by atoms with Gasteiger partial charge in [0.2, 0.25) is 15.9 Å². The molecule has 0 saturated heterocycles. The molecule has 6 nitrogen and oxygen atoms in total. The molecule has 0 aliphatic carbocycles. The maximum atomic E-state index is 12.3. The minimum absolute atomic E-state index is 0.177. The number of anilines is 2. The number of amides is 1. The molecule has 25 heavy (non-hydrogen) atoms. The summed E-state index contributed by atoms with van der Waals surface area (Å²) in [5, 5.41) is 2.79. The molecule has 0 aliphatic rings. The molecular formula is C18H22N2O4S. The van der Waals surface area contributed by atoms with Crippen LogP contribution in [0.5, 0.6) is 5.75 Å². The number of sulfonamides is 1. The third kappa shape index (κ3) is 4.96. The Bertz CT molecular complexity index is 878. The van der Waals surface area contributed by atoms with Crippen molar-refractivity contribution in [2.45, 2.75) is 13.3 Å². The lowest BCUT2D eigenvalue weighted by Gasteiger charge is -2.17. The highest BCUT2D eigenvalue weighted by molar-refractivity contribution is 7.92. The van der Waals surface area contributed by atoms with Crippen LogP contribution in [0, 0.1) is 6.92 Å². The largest absolute Gasteiger partial charge is 0.496 e. The Balaban J connectivity index is 2.09. The molecule has 0 saturated carbocycles. The van der Waals surface area contributed by atoms with Crippen LogP contribution < -0.4 is 14.4 Å². The van der Waals surface area contributed by atoms with Crippen LogP contribution in [0.25, 0.3) is 0 Å². The number of benzene rings is 2. The smallest absolute Gasteiger partial charge is 0.231 e. The Kier molecular flexibility index (Phi) is 5.69. The van der Waals surface area contributed by atoms with Gasteiger partial charge in [0, 0.05) is 12.7 Å². The summed E-state index contributed by atoms with van der Waals surface area (Å²) in [6.07, 6.45) is 1.35. The summed E-state index contributed by atoms with van der Waals surface area (Å²) in [5.74, 6) is 0.601. The van der Waals surface area contributed by atoms with Crippen molar-refractivity contribution < 1.29 is 17.9 Å². The molecule has 7 heteroatoms. The van der Waals surface area contributed by atoms with E-state index in [2.05, 4.69) is 5.32 Å². The van der Waals surface area contributed by atoms with Crippen molar-refractivity contribution in [3.8, 4) is 5.75 Å². The van der Waals surface area contributed by atoms with Crippen LogP contribution in [-0.2, 0) is 21.2 Å². The van der Waals surface area contributed by atoms with Crippen LogP contribution in [0.1, 0.15) is 11.1 Å².